The molecule has 24 heavy (non-hydrogen) atoms. The molecule has 0 bridgehead atoms. The van der Waals surface area contributed by atoms with E-state index in [1.54, 1.807) is 12.1 Å². The lowest BCUT2D eigenvalue weighted by molar-refractivity contribution is -0.120. The number of aliphatic imine (C=N–C) groups is 1. The quantitative estimate of drug-likeness (QED) is 0.552. The molecule has 6 nitrogen and oxygen atoms in total. The number of rotatable bonds is 6. The summed E-state index contributed by atoms with van der Waals surface area (Å²) in [6.45, 7) is 0.303. The third-order valence-corrected chi connectivity index (χ3v) is 3.13. The van der Waals surface area contributed by atoms with Crippen LogP contribution in [0.5, 0.6) is 0 Å². The standard InChI is InChI=1S/C16H18F2N4O2/c1-19-16(21-8-11-7-12(17)4-5-14(11)18)22-10-15(23)20-9-13-3-2-6-24-13/h2-7H,8-10H2,1H3,(H,20,23)(H2,19,21,22). The number of amides is 1. The fraction of sp³-hybridized carbons (Fsp3) is 0.250. The van der Waals surface area contributed by atoms with E-state index in [9.17, 15) is 13.6 Å². The van der Waals surface area contributed by atoms with Crippen LogP contribution in [0.2, 0.25) is 0 Å². The average molecular weight is 336 g/mol. The number of hydrogen-bond donors (Lipinski definition) is 3. The van der Waals surface area contributed by atoms with Crippen molar-refractivity contribution in [1.82, 2.24) is 16.0 Å². The van der Waals surface area contributed by atoms with Gasteiger partial charge in [0.15, 0.2) is 5.96 Å². The predicted molar refractivity (Wildman–Crippen MR) is 85.1 cm³/mol. The minimum Gasteiger partial charge on any atom is -0.467 e. The maximum Gasteiger partial charge on any atom is 0.239 e. The normalized spacial score (nSPS) is 11.2. The third kappa shape index (κ3) is 5.38. The first kappa shape index (κ1) is 17.5. The molecule has 1 heterocycles. The Balaban J connectivity index is 1.75. The summed E-state index contributed by atoms with van der Waals surface area (Å²) < 4.78 is 31.7. The molecule has 8 heteroatoms. The van der Waals surface area contributed by atoms with Crippen LogP contribution in [0.4, 0.5) is 8.78 Å². The first-order valence-electron chi connectivity index (χ1n) is 7.26. The molecule has 128 valence electrons. The van der Waals surface area contributed by atoms with Gasteiger partial charge in [-0.05, 0) is 30.3 Å². The molecule has 0 unspecified atom stereocenters. The molecule has 0 radical (unpaired) electrons. The first-order valence-corrected chi connectivity index (χ1v) is 7.26. The van der Waals surface area contributed by atoms with Crippen molar-refractivity contribution < 1.29 is 18.0 Å². The maximum absolute atomic E-state index is 13.5. The number of carbonyl (C=O) groups is 1. The number of furan rings is 1. The topological polar surface area (TPSA) is 78.7 Å². The lowest BCUT2D eigenvalue weighted by atomic mass is 10.2. The van der Waals surface area contributed by atoms with Crippen molar-refractivity contribution in [2.75, 3.05) is 13.6 Å². The van der Waals surface area contributed by atoms with Crippen LogP contribution in [0.1, 0.15) is 11.3 Å². The molecule has 1 amide bonds. The molecule has 0 saturated carbocycles. The molecule has 0 saturated heterocycles. The Hall–Kier alpha value is -2.90. The molecule has 2 aromatic rings. The summed E-state index contributed by atoms with van der Waals surface area (Å²) in [6.07, 6.45) is 1.52. The number of carbonyl (C=O) groups excluding carboxylic acids is 1. The highest BCUT2D eigenvalue weighted by molar-refractivity contribution is 5.86. The van der Waals surface area contributed by atoms with E-state index in [4.69, 9.17) is 4.42 Å². The molecule has 0 spiro atoms. The van der Waals surface area contributed by atoms with E-state index < -0.39 is 11.6 Å². The molecule has 3 N–H and O–H groups in total. The highest BCUT2D eigenvalue weighted by Crippen LogP contribution is 2.08. The van der Waals surface area contributed by atoms with Crippen LogP contribution in [0.3, 0.4) is 0 Å². The van der Waals surface area contributed by atoms with Gasteiger partial charge in [-0.2, -0.15) is 0 Å². The Morgan fingerprint density at radius 2 is 2.00 bits per heavy atom. The van der Waals surface area contributed by atoms with Crippen LogP contribution in [-0.2, 0) is 17.9 Å². The zero-order valence-electron chi connectivity index (χ0n) is 13.1. The van der Waals surface area contributed by atoms with Crippen molar-refractivity contribution in [1.29, 1.82) is 0 Å². The Morgan fingerprint density at radius 1 is 1.17 bits per heavy atom. The van der Waals surface area contributed by atoms with Gasteiger partial charge in [0.05, 0.1) is 19.4 Å². The first-order chi connectivity index (χ1) is 11.6. The maximum atomic E-state index is 13.5. The molecule has 0 atom stereocenters. The van der Waals surface area contributed by atoms with Crippen LogP contribution >= 0.6 is 0 Å². The highest BCUT2D eigenvalue weighted by Gasteiger charge is 2.07. The number of guanidine groups is 1. The summed E-state index contributed by atoms with van der Waals surface area (Å²) in [4.78, 5) is 15.6. The SMILES string of the molecule is CN=C(NCC(=O)NCc1ccco1)NCc1cc(F)ccc1F. The van der Waals surface area contributed by atoms with E-state index in [1.165, 1.54) is 13.3 Å². The van der Waals surface area contributed by atoms with E-state index >= 15 is 0 Å². The van der Waals surface area contributed by atoms with E-state index in [1.807, 2.05) is 0 Å². The zero-order chi connectivity index (χ0) is 17.4. The van der Waals surface area contributed by atoms with Gasteiger partial charge in [-0.1, -0.05) is 0 Å². The largest absolute Gasteiger partial charge is 0.467 e. The highest BCUT2D eigenvalue weighted by atomic mass is 19.1. The van der Waals surface area contributed by atoms with Gasteiger partial charge in [-0.15, -0.1) is 0 Å². The summed E-state index contributed by atoms with van der Waals surface area (Å²) >= 11 is 0. The van der Waals surface area contributed by atoms with E-state index in [2.05, 4.69) is 20.9 Å². The van der Waals surface area contributed by atoms with Crippen molar-refractivity contribution in [2.45, 2.75) is 13.1 Å². The number of nitrogens with one attached hydrogen (secondary N) is 3. The minimum absolute atomic E-state index is 0.0218. The molecular weight excluding hydrogens is 318 g/mol. The van der Waals surface area contributed by atoms with Gasteiger partial charge in [-0.3, -0.25) is 9.79 Å². The van der Waals surface area contributed by atoms with E-state index in [0.29, 0.717) is 11.7 Å². The molecule has 0 aliphatic carbocycles. The van der Waals surface area contributed by atoms with Gasteiger partial charge in [0, 0.05) is 19.2 Å². The Bertz CT molecular complexity index is 702. The summed E-state index contributed by atoms with van der Waals surface area (Å²) in [5.41, 5.74) is 0.167. The Kier molecular flexibility index (Phi) is 6.30. The summed E-state index contributed by atoms with van der Waals surface area (Å²) in [5.74, 6) is -0.352. The van der Waals surface area contributed by atoms with Gasteiger partial charge in [0.2, 0.25) is 5.91 Å². The second-order valence-corrected chi connectivity index (χ2v) is 4.87. The van der Waals surface area contributed by atoms with Crippen molar-refractivity contribution in [3.8, 4) is 0 Å². The van der Waals surface area contributed by atoms with Crippen molar-refractivity contribution in [2.24, 2.45) is 4.99 Å². The Morgan fingerprint density at radius 3 is 2.71 bits per heavy atom. The summed E-state index contributed by atoms with van der Waals surface area (Å²) in [5, 5.41) is 8.26. The van der Waals surface area contributed by atoms with Gasteiger partial charge in [0.25, 0.3) is 0 Å². The van der Waals surface area contributed by atoms with Crippen LogP contribution < -0.4 is 16.0 Å². The molecule has 1 aromatic carbocycles. The summed E-state index contributed by atoms with van der Waals surface area (Å²) in [6, 6.07) is 6.70. The molecule has 0 aliphatic rings. The van der Waals surface area contributed by atoms with E-state index in [-0.39, 0.29) is 31.1 Å². The number of benzene rings is 1. The third-order valence-electron chi connectivity index (χ3n) is 3.13. The van der Waals surface area contributed by atoms with Gasteiger partial charge in [0.1, 0.15) is 17.4 Å². The van der Waals surface area contributed by atoms with Crippen molar-refractivity contribution in [3.05, 3.63) is 59.6 Å². The molecule has 0 aliphatic heterocycles. The smallest absolute Gasteiger partial charge is 0.239 e. The average Bonchev–Trinajstić information content (AvgIpc) is 3.09. The van der Waals surface area contributed by atoms with Crippen LogP contribution in [0, 0.1) is 11.6 Å². The Labute approximate surface area is 138 Å². The second-order valence-electron chi connectivity index (χ2n) is 4.87. The van der Waals surface area contributed by atoms with Gasteiger partial charge in [-0.25, -0.2) is 8.78 Å². The van der Waals surface area contributed by atoms with Crippen LogP contribution in [-0.4, -0.2) is 25.5 Å². The predicted octanol–water partition coefficient (Wildman–Crippen LogP) is 1.54. The van der Waals surface area contributed by atoms with Gasteiger partial charge >= 0.3 is 0 Å². The second kappa shape index (κ2) is 8.66. The van der Waals surface area contributed by atoms with E-state index in [0.717, 1.165) is 18.2 Å². The number of nitrogens with zero attached hydrogens (tertiary/aromatic N) is 1. The van der Waals surface area contributed by atoms with Crippen molar-refractivity contribution >= 4 is 11.9 Å². The fourth-order valence-electron chi connectivity index (χ4n) is 1.90. The zero-order valence-corrected chi connectivity index (χ0v) is 13.1. The lowest BCUT2D eigenvalue weighted by Crippen LogP contribution is -2.42. The lowest BCUT2D eigenvalue weighted by Gasteiger charge is -2.12. The van der Waals surface area contributed by atoms with Gasteiger partial charge < -0.3 is 20.4 Å². The molecule has 1 aromatic heterocycles. The van der Waals surface area contributed by atoms with Crippen LogP contribution in [0.15, 0.2) is 46.0 Å². The minimum atomic E-state index is -0.520. The van der Waals surface area contributed by atoms with Crippen molar-refractivity contribution in [3.63, 3.8) is 0 Å². The monoisotopic (exact) mass is 336 g/mol. The molecular formula is C16H18F2N4O2. The molecule has 2 rings (SSSR count). The number of halogens is 2. The fourth-order valence-corrected chi connectivity index (χ4v) is 1.90. The summed E-state index contributed by atoms with van der Waals surface area (Å²) in [7, 11) is 1.51. The number of hydrogen-bond acceptors (Lipinski definition) is 3. The molecule has 0 fully saturated rings. The van der Waals surface area contributed by atoms with Crippen LogP contribution in [0.25, 0.3) is 0 Å².